The van der Waals surface area contributed by atoms with Crippen LogP contribution in [0.3, 0.4) is 0 Å². The minimum atomic E-state index is -3.84. The molecule has 1 aromatic heterocycles. The highest BCUT2D eigenvalue weighted by Crippen LogP contribution is 2.17. The van der Waals surface area contributed by atoms with Gasteiger partial charge in [0.1, 0.15) is 10.6 Å². The zero-order valence-electron chi connectivity index (χ0n) is 11.7. The quantitative estimate of drug-likeness (QED) is 0.775. The third-order valence-electron chi connectivity index (χ3n) is 2.61. The van der Waals surface area contributed by atoms with Crippen molar-refractivity contribution in [2.75, 3.05) is 26.8 Å². The Morgan fingerprint density at radius 2 is 2.15 bits per heavy atom. The zero-order valence-corrected chi connectivity index (χ0v) is 13.3. The van der Waals surface area contributed by atoms with Gasteiger partial charge < -0.3 is 14.6 Å². The molecule has 0 saturated carbocycles. The van der Waals surface area contributed by atoms with Crippen LogP contribution >= 0.6 is 10.7 Å². The van der Waals surface area contributed by atoms with Gasteiger partial charge in [0.15, 0.2) is 0 Å². The molecule has 114 valence electrons. The summed E-state index contributed by atoms with van der Waals surface area (Å²) >= 11 is 0. The molecule has 0 aromatic carbocycles. The molecule has 1 N–H and O–H groups in total. The summed E-state index contributed by atoms with van der Waals surface area (Å²) in [5.41, 5.74) is 0.195. The van der Waals surface area contributed by atoms with Gasteiger partial charge in [-0.1, -0.05) is 13.8 Å². The molecule has 0 bridgehead atoms. The number of ether oxygens (including phenoxy) is 1. The molecular weight excluding hydrogens is 304 g/mol. The van der Waals surface area contributed by atoms with Crippen molar-refractivity contribution < 1.29 is 17.9 Å². The van der Waals surface area contributed by atoms with Crippen LogP contribution in [0.4, 0.5) is 0 Å². The highest BCUT2D eigenvalue weighted by atomic mass is 35.7. The lowest BCUT2D eigenvalue weighted by Gasteiger charge is -2.23. The summed E-state index contributed by atoms with van der Waals surface area (Å²) in [7, 11) is 2.96. The van der Waals surface area contributed by atoms with Crippen molar-refractivity contribution in [2.24, 2.45) is 5.92 Å². The number of aromatic nitrogens is 1. The molecule has 0 aliphatic rings. The van der Waals surface area contributed by atoms with Gasteiger partial charge in [0.2, 0.25) is 0 Å². The van der Waals surface area contributed by atoms with E-state index in [9.17, 15) is 13.2 Å². The van der Waals surface area contributed by atoms with E-state index in [-0.39, 0.29) is 16.5 Å². The number of rotatable bonds is 7. The summed E-state index contributed by atoms with van der Waals surface area (Å²) in [5, 5.41) is 0. The molecule has 0 aliphatic heterocycles. The van der Waals surface area contributed by atoms with Crippen molar-refractivity contribution >= 4 is 25.6 Å². The molecule has 20 heavy (non-hydrogen) atoms. The van der Waals surface area contributed by atoms with Gasteiger partial charge in [-0.2, -0.15) is 0 Å². The van der Waals surface area contributed by atoms with Crippen LogP contribution in [0.5, 0.6) is 0 Å². The van der Waals surface area contributed by atoms with Gasteiger partial charge in [-0.05, 0) is 12.0 Å². The van der Waals surface area contributed by atoms with Gasteiger partial charge in [0, 0.05) is 37.1 Å². The van der Waals surface area contributed by atoms with Crippen molar-refractivity contribution in [2.45, 2.75) is 18.7 Å². The number of carbonyl (C=O) groups excluding carboxylic acids is 1. The Hall–Kier alpha value is -1.05. The highest BCUT2D eigenvalue weighted by molar-refractivity contribution is 8.13. The van der Waals surface area contributed by atoms with Crippen LogP contribution in [0.1, 0.15) is 24.3 Å². The molecule has 0 saturated heterocycles. The van der Waals surface area contributed by atoms with Crippen molar-refractivity contribution in [3.63, 3.8) is 0 Å². The lowest BCUT2D eigenvalue weighted by Crippen LogP contribution is -2.36. The van der Waals surface area contributed by atoms with Crippen LogP contribution in [0, 0.1) is 5.92 Å². The minimum Gasteiger partial charge on any atom is -0.383 e. The topological polar surface area (TPSA) is 79.5 Å². The van der Waals surface area contributed by atoms with Gasteiger partial charge in [-0.3, -0.25) is 4.79 Å². The number of halogens is 1. The van der Waals surface area contributed by atoms with Crippen LogP contribution in [-0.4, -0.2) is 51.0 Å². The summed E-state index contributed by atoms with van der Waals surface area (Å²) in [4.78, 5) is 16.5. The predicted molar refractivity (Wildman–Crippen MR) is 76.4 cm³/mol. The summed E-state index contributed by atoms with van der Waals surface area (Å²) in [5.74, 6) is 0.0179. The van der Waals surface area contributed by atoms with Gasteiger partial charge in [-0.15, -0.1) is 0 Å². The largest absolute Gasteiger partial charge is 0.383 e. The lowest BCUT2D eigenvalue weighted by molar-refractivity contribution is 0.0667. The minimum absolute atomic E-state index is 0.112. The maximum atomic E-state index is 12.3. The number of amides is 1. The molecular formula is C12H19ClN2O4S. The van der Waals surface area contributed by atoms with E-state index in [0.717, 1.165) is 0 Å². The van der Waals surface area contributed by atoms with E-state index in [1.165, 1.54) is 12.3 Å². The van der Waals surface area contributed by atoms with Crippen LogP contribution < -0.4 is 0 Å². The maximum absolute atomic E-state index is 12.3. The Morgan fingerprint density at radius 1 is 1.50 bits per heavy atom. The van der Waals surface area contributed by atoms with Crippen molar-refractivity contribution in [3.8, 4) is 0 Å². The van der Waals surface area contributed by atoms with Crippen molar-refractivity contribution in [1.82, 2.24) is 9.88 Å². The Labute approximate surface area is 123 Å². The monoisotopic (exact) mass is 322 g/mol. The summed E-state index contributed by atoms with van der Waals surface area (Å²) in [6.45, 7) is 5.41. The number of H-pyrrole nitrogens is 1. The summed E-state index contributed by atoms with van der Waals surface area (Å²) in [6.07, 6.45) is 1.21. The van der Waals surface area contributed by atoms with Gasteiger partial charge in [-0.25, -0.2) is 8.42 Å². The SMILES string of the molecule is COCCN(CC(C)C)C(=O)c1cc(S(=O)(=O)Cl)c[nH]1. The fraction of sp³-hybridized carbons (Fsp3) is 0.583. The van der Waals surface area contributed by atoms with E-state index in [1.54, 1.807) is 12.0 Å². The molecule has 1 amide bonds. The van der Waals surface area contributed by atoms with E-state index in [0.29, 0.717) is 25.6 Å². The molecule has 1 heterocycles. The summed E-state index contributed by atoms with van der Waals surface area (Å²) in [6, 6.07) is 1.24. The van der Waals surface area contributed by atoms with Gasteiger partial charge in [0.05, 0.1) is 6.61 Å². The fourth-order valence-corrected chi connectivity index (χ4v) is 2.45. The number of hydrogen-bond donors (Lipinski definition) is 1. The van der Waals surface area contributed by atoms with E-state index in [1.807, 2.05) is 13.8 Å². The van der Waals surface area contributed by atoms with Gasteiger partial charge >= 0.3 is 0 Å². The number of nitrogens with one attached hydrogen (secondary N) is 1. The molecule has 0 spiro atoms. The first-order valence-electron chi connectivity index (χ1n) is 6.17. The second kappa shape index (κ2) is 7.10. The molecule has 6 nitrogen and oxygen atoms in total. The maximum Gasteiger partial charge on any atom is 0.270 e. The first-order chi connectivity index (χ1) is 9.25. The number of carbonyl (C=O) groups is 1. The smallest absolute Gasteiger partial charge is 0.270 e. The third kappa shape index (κ3) is 4.81. The lowest BCUT2D eigenvalue weighted by atomic mass is 10.2. The Balaban J connectivity index is 2.91. The van der Waals surface area contributed by atoms with Crippen LogP contribution in [0.15, 0.2) is 17.2 Å². The second-order valence-electron chi connectivity index (χ2n) is 4.82. The Morgan fingerprint density at radius 3 is 2.60 bits per heavy atom. The first kappa shape index (κ1) is 17.0. The van der Waals surface area contributed by atoms with E-state index >= 15 is 0 Å². The van der Waals surface area contributed by atoms with Crippen LogP contribution in [-0.2, 0) is 13.8 Å². The Bertz CT molecular complexity index is 554. The molecule has 0 aliphatic carbocycles. The van der Waals surface area contributed by atoms with E-state index < -0.39 is 9.05 Å². The standard InChI is InChI=1S/C12H19ClN2O4S/c1-9(2)8-15(4-5-19-3)12(16)11-6-10(7-14-11)20(13,17)18/h6-7,9,14H,4-5,8H2,1-3H3. The number of hydrogen-bond acceptors (Lipinski definition) is 4. The van der Waals surface area contributed by atoms with Crippen LogP contribution in [0.2, 0.25) is 0 Å². The van der Waals surface area contributed by atoms with Gasteiger partial charge in [0.25, 0.3) is 15.0 Å². The number of aromatic amines is 1. The average Bonchev–Trinajstić information content (AvgIpc) is 2.82. The van der Waals surface area contributed by atoms with Crippen molar-refractivity contribution in [1.29, 1.82) is 0 Å². The van der Waals surface area contributed by atoms with E-state index in [4.69, 9.17) is 15.4 Å². The number of methoxy groups -OCH3 is 1. The first-order valence-corrected chi connectivity index (χ1v) is 8.48. The normalized spacial score (nSPS) is 11.8. The predicted octanol–water partition coefficient (Wildman–Crippen LogP) is 1.69. The highest BCUT2D eigenvalue weighted by Gasteiger charge is 2.21. The zero-order chi connectivity index (χ0) is 15.3. The molecule has 0 radical (unpaired) electrons. The summed E-state index contributed by atoms with van der Waals surface area (Å²) < 4.78 is 27.4. The average molecular weight is 323 g/mol. The molecule has 8 heteroatoms. The molecule has 1 aromatic rings. The Kier molecular flexibility index (Phi) is 6.04. The third-order valence-corrected chi connectivity index (χ3v) is 3.94. The fourth-order valence-electron chi connectivity index (χ4n) is 1.73. The molecule has 0 unspecified atom stereocenters. The van der Waals surface area contributed by atoms with Crippen molar-refractivity contribution in [3.05, 3.63) is 18.0 Å². The second-order valence-corrected chi connectivity index (χ2v) is 7.39. The molecule has 1 rings (SSSR count). The number of nitrogens with zero attached hydrogens (tertiary/aromatic N) is 1. The molecule has 0 fully saturated rings. The van der Waals surface area contributed by atoms with Crippen LogP contribution in [0.25, 0.3) is 0 Å². The molecule has 0 atom stereocenters. The van der Waals surface area contributed by atoms with E-state index in [2.05, 4.69) is 4.98 Å².